The van der Waals surface area contributed by atoms with Crippen molar-refractivity contribution in [1.82, 2.24) is 5.48 Å². The van der Waals surface area contributed by atoms with Crippen LogP contribution in [0.5, 0.6) is 0 Å². The van der Waals surface area contributed by atoms with E-state index in [9.17, 15) is 9.36 Å². The van der Waals surface area contributed by atoms with Crippen molar-refractivity contribution in [3.63, 3.8) is 0 Å². The molecule has 2 atom stereocenters. The molecule has 210 valence electrons. The van der Waals surface area contributed by atoms with Crippen molar-refractivity contribution in [3.05, 3.63) is 0 Å². The fourth-order valence-corrected chi connectivity index (χ4v) is 4.03. The number of hydrogen-bond acceptors (Lipinski definition) is 6. The quantitative estimate of drug-likeness (QED) is 0.0537. The second-order valence-corrected chi connectivity index (χ2v) is 11.4. The first-order valence-electron chi connectivity index (χ1n) is 13.8. The zero-order chi connectivity index (χ0) is 26.6. The van der Waals surface area contributed by atoms with E-state index in [1.165, 1.54) is 96.8 Å². The highest BCUT2D eigenvalue weighted by molar-refractivity contribution is 7.46. The number of hydroxylamine groups is 1. The van der Waals surface area contributed by atoms with E-state index in [4.69, 9.17) is 19.3 Å². The van der Waals surface area contributed by atoms with Gasteiger partial charge in [-0.1, -0.05) is 103 Å². The van der Waals surface area contributed by atoms with Gasteiger partial charge in [-0.05, 0) is 34.1 Å². The van der Waals surface area contributed by atoms with Gasteiger partial charge in [0.1, 0.15) is 11.6 Å². The number of nitrogens with one attached hydrogen (secondary N) is 1. The molecule has 0 aromatic carbocycles. The number of unbranched alkanes of at least 4 members (excludes halogenated alkanes) is 15. The van der Waals surface area contributed by atoms with Crippen LogP contribution in [0.1, 0.15) is 137 Å². The zero-order valence-corrected chi connectivity index (χ0v) is 24.0. The molecular formula is C26H54NO7P. The fraction of sp³-hybridized carbons (Fsp3) is 0.962. The Hall–Kier alpha value is -0.500. The first-order chi connectivity index (χ1) is 16.5. The third kappa shape index (κ3) is 21.3. The maximum Gasteiger partial charge on any atom is 0.486 e. The number of esters is 1. The van der Waals surface area contributed by atoms with E-state index in [-0.39, 0.29) is 6.10 Å². The number of carbonyl (C=O) groups is 1. The third-order valence-electron chi connectivity index (χ3n) is 6.41. The third-order valence-corrected chi connectivity index (χ3v) is 6.75. The van der Waals surface area contributed by atoms with Gasteiger partial charge in [0.15, 0.2) is 0 Å². The van der Waals surface area contributed by atoms with Gasteiger partial charge in [-0.3, -0.25) is 4.79 Å². The van der Waals surface area contributed by atoms with Gasteiger partial charge in [0, 0.05) is 6.61 Å². The molecule has 3 N–H and O–H groups in total. The normalized spacial score (nSPS) is 14.1. The zero-order valence-electron chi connectivity index (χ0n) is 23.1. The molecule has 0 amide bonds. The number of hydrogen-bond donors (Lipinski definition) is 3. The van der Waals surface area contributed by atoms with Crippen LogP contribution in [0.3, 0.4) is 0 Å². The summed E-state index contributed by atoms with van der Waals surface area (Å²) in [5, 5.41) is 0. The Morgan fingerprint density at radius 2 is 1.20 bits per heavy atom. The molecule has 0 radical (unpaired) electrons. The van der Waals surface area contributed by atoms with E-state index in [2.05, 4.69) is 11.5 Å². The molecule has 9 heteroatoms. The minimum atomic E-state index is -4.72. The molecule has 0 aliphatic carbocycles. The summed E-state index contributed by atoms with van der Waals surface area (Å²) in [7, 11) is -4.72. The second kappa shape index (κ2) is 20.5. The standard InChI is InChI=1S/C26H54NO7P/c1-6-7-8-9-10-11-12-13-14-15-16-17-18-19-20-21-22-32-24(3)26(4,5)33-25(28)23(2)27-34-35(29,30)31/h23-24,27H,6-22H2,1-5H3,(H2,29,30,31)/t23-,24-/m0/s1. The molecule has 0 saturated heterocycles. The van der Waals surface area contributed by atoms with E-state index in [0.717, 1.165) is 12.8 Å². The summed E-state index contributed by atoms with van der Waals surface area (Å²) in [6, 6.07) is -1.03. The lowest BCUT2D eigenvalue weighted by Gasteiger charge is -2.32. The van der Waals surface area contributed by atoms with E-state index in [0.29, 0.717) is 6.61 Å². The van der Waals surface area contributed by atoms with Gasteiger partial charge in [0.05, 0.1) is 6.10 Å². The fourth-order valence-electron chi connectivity index (χ4n) is 3.74. The van der Waals surface area contributed by atoms with Crippen molar-refractivity contribution in [1.29, 1.82) is 0 Å². The summed E-state index contributed by atoms with van der Waals surface area (Å²) in [5.41, 5.74) is 1.12. The molecule has 0 rings (SSSR count). The Balaban J connectivity index is 3.66. The summed E-state index contributed by atoms with van der Waals surface area (Å²) in [6.45, 7) is 9.62. The summed E-state index contributed by atoms with van der Waals surface area (Å²) < 4.78 is 26.2. The Labute approximate surface area is 214 Å². The molecule has 0 aliphatic heterocycles. The first-order valence-corrected chi connectivity index (χ1v) is 15.4. The average Bonchev–Trinajstić information content (AvgIpc) is 2.78. The largest absolute Gasteiger partial charge is 0.486 e. The lowest BCUT2D eigenvalue weighted by atomic mass is 10.0. The Morgan fingerprint density at radius 1 is 0.800 bits per heavy atom. The summed E-state index contributed by atoms with van der Waals surface area (Å²) in [4.78, 5) is 29.5. The number of carbonyl (C=O) groups excluding carboxylic acids is 1. The number of ether oxygens (including phenoxy) is 2. The Kier molecular flexibility index (Phi) is 20.3. The van der Waals surface area contributed by atoms with Crippen molar-refractivity contribution in [2.45, 2.75) is 155 Å². The van der Waals surface area contributed by atoms with Crippen molar-refractivity contribution in [3.8, 4) is 0 Å². The highest BCUT2D eigenvalue weighted by Gasteiger charge is 2.33. The molecule has 0 aromatic rings. The molecule has 0 bridgehead atoms. The monoisotopic (exact) mass is 523 g/mol. The van der Waals surface area contributed by atoms with E-state index >= 15 is 0 Å². The van der Waals surface area contributed by atoms with Crippen molar-refractivity contribution >= 4 is 13.8 Å². The second-order valence-electron chi connectivity index (χ2n) is 10.3. The first kappa shape index (κ1) is 34.5. The number of rotatable bonds is 24. The maximum absolute atomic E-state index is 12.1. The van der Waals surface area contributed by atoms with Crippen LogP contribution in [0.25, 0.3) is 0 Å². The van der Waals surface area contributed by atoms with Crippen LogP contribution in [0.15, 0.2) is 0 Å². The van der Waals surface area contributed by atoms with E-state index in [1.807, 2.05) is 12.4 Å². The van der Waals surface area contributed by atoms with Gasteiger partial charge < -0.3 is 19.3 Å². The van der Waals surface area contributed by atoms with Crippen LogP contribution < -0.4 is 5.48 Å². The summed E-state index contributed by atoms with van der Waals surface area (Å²) in [5.74, 6) is -0.679. The van der Waals surface area contributed by atoms with Crippen LogP contribution in [0.4, 0.5) is 0 Å². The molecule has 8 nitrogen and oxygen atoms in total. The highest BCUT2D eigenvalue weighted by Crippen LogP contribution is 2.34. The molecule has 0 saturated carbocycles. The average molecular weight is 524 g/mol. The molecule has 0 spiro atoms. The molecule has 35 heavy (non-hydrogen) atoms. The van der Waals surface area contributed by atoms with Crippen LogP contribution in [0, 0.1) is 0 Å². The van der Waals surface area contributed by atoms with Crippen LogP contribution >= 0.6 is 7.82 Å². The van der Waals surface area contributed by atoms with Gasteiger partial charge in [-0.2, -0.15) is 10.1 Å². The van der Waals surface area contributed by atoms with Crippen molar-refractivity contribution in [2.75, 3.05) is 6.61 Å². The predicted octanol–water partition coefficient (Wildman–Crippen LogP) is 6.98. The van der Waals surface area contributed by atoms with Gasteiger partial charge >= 0.3 is 13.8 Å². The van der Waals surface area contributed by atoms with Gasteiger partial charge in [0.2, 0.25) is 0 Å². The van der Waals surface area contributed by atoms with E-state index in [1.54, 1.807) is 13.8 Å². The minimum absolute atomic E-state index is 0.322. The minimum Gasteiger partial charge on any atom is -0.456 e. The van der Waals surface area contributed by atoms with Gasteiger partial charge in [-0.15, -0.1) is 0 Å². The van der Waals surface area contributed by atoms with Gasteiger partial charge in [-0.25, -0.2) is 4.57 Å². The van der Waals surface area contributed by atoms with Crippen molar-refractivity contribution < 1.29 is 33.2 Å². The molecule has 0 unspecified atom stereocenters. The lowest BCUT2D eigenvalue weighted by molar-refractivity contribution is -0.175. The summed E-state index contributed by atoms with van der Waals surface area (Å²) >= 11 is 0. The topological polar surface area (TPSA) is 114 Å². The Morgan fingerprint density at radius 3 is 1.60 bits per heavy atom. The molecular weight excluding hydrogens is 469 g/mol. The molecule has 0 fully saturated rings. The number of phosphoric acid groups is 1. The smallest absolute Gasteiger partial charge is 0.456 e. The van der Waals surface area contributed by atoms with Gasteiger partial charge in [0.25, 0.3) is 0 Å². The highest BCUT2D eigenvalue weighted by atomic mass is 31.2. The lowest BCUT2D eigenvalue weighted by Crippen LogP contribution is -2.45. The predicted molar refractivity (Wildman–Crippen MR) is 141 cm³/mol. The molecule has 0 heterocycles. The summed E-state index contributed by atoms with van der Waals surface area (Å²) in [6.07, 6.45) is 20.9. The van der Waals surface area contributed by atoms with E-state index < -0.39 is 25.4 Å². The SMILES string of the molecule is CCCCCCCCCCCCCCCCCCO[C@@H](C)C(C)(C)OC(=O)[C@H](C)NOP(=O)(O)O. The Bertz CT molecular complexity index is 568. The molecule has 0 aliphatic rings. The maximum atomic E-state index is 12.1. The van der Waals surface area contributed by atoms with Crippen molar-refractivity contribution in [2.24, 2.45) is 0 Å². The van der Waals surface area contributed by atoms with Crippen LogP contribution in [0.2, 0.25) is 0 Å². The van der Waals surface area contributed by atoms with Crippen LogP contribution in [-0.4, -0.2) is 40.1 Å². The molecule has 0 aromatic heterocycles. The van der Waals surface area contributed by atoms with Crippen LogP contribution in [-0.2, 0) is 23.5 Å².